The van der Waals surface area contributed by atoms with Gasteiger partial charge in [-0.05, 0) is 0 Å². The Balaban J connectivity index is -0.00000000817. The van der Waals surface area contributed by atoms with E-state index in [1.54, 1.807) is 0 Å². The monoisotopic (exact) mass is 202 g/mol. The molecular formula is C12H36B2. The summed E-state index contributed by atoms with van der Waals surface area (Å²) < 4.78 is 0. The molecule has 0 aliphatic rings. The molecule has 0 fully saturated rings. The minimum atomic E-state index is 1.50. The van der Waals surface area contributed by atoms with Crippen molar-refractivity contribution in [3.05, 3.63) is 0 Å². The lowest BCUT2D eigenvalue weighted by Gasteiger charge is -1.07. The zero-order chi connectivity index (χ0) is 14.0. The molecule has 0 aliphatic carbocycles. The third kappa shape index (κ3) is 89100. The van der Waals surface area contributed by atoms with Gasteiger partial charge >= 0.3 is 0 Å². The summed E-state index contributed by atoms with van der Waals surface area (Å²) in [4.78, 5) is 0. The molecule has 0 amide bonds. The van der Waals surface area contributed by atoms with E-state index in [0.717, 1.165) is 0 Å². The molecule has 0 spiro atoms. The van der Waals surface area contributed by atoms with Gasteiger partial charge in [-0.25, -0.2) is 0 Å². The van der Waals surface area contributed by atoms with Crippen molar-refractivity contribution >= 4 is 15.7 Å². The third-order valence-electron chi connectivity index (χ3n) is 0. The molecule has 14 heavy (non-hydrogen) atoms. The Labute approximate surface area is 99.1 Å². The van der Waals surface area contributed by atoms with Crippen molar-refractivity contribution in [2.24, 2.45) is 0 Å². The standard InChI is InChI=1S/5C2H6.2CH3B/c7*1-2/h5*1-2H3;2*1H3. The maximum Gasteiger partial charge on any atom is 0.0606 e. The summed E-state index contributed by atoms with van der Waals surface area (Å²) in [6.07, 6.45) is 0. The molecule has 0 aromatic carbocycles. The Morgan fingerprint density at radius 3 is 0.286 bits per heavy atom. The zero-order valence-corrected chi connectivity index (χ0v) is 13.2. The van der Waals surface area contributed by atoms with Crippen molar-refractivity contribution in [3.8, 4) is 0 Å². The van der Waals surface area contributed by atoms with Gasteiger partial charge in [-0.1, -0.05) is 82.9 Å². The van der Waals surface area contributed by atoms with Crippen LogP contribution in [0, 0.1) is 0 Å². The second-order valence-electron chi connectivity index (χ2n) is 0. The summed E-state index contributed by atoms with van der Waals surface area (Å²) in [5, 5.41) is 0. The summed E-state index contributed by atoms with van der Waals surface area (Å²) in [7, 11) is 9.00. The van der Waals surface area contributed by atoms with Gasteiger partial charge < -0.3 is 0 Å². The fraction of sp³-hybridized carbons (Fsp3) is 1.00. The van der Waals surface area contributed by atoms with Gasteiger partial charge in [-0.3, -0.25) is 0 Å². The van der Waals surface area contributed by atoms with Crippen molar-refractivity contribution in [1.82, 2.24) is 0 Å². The normalized spacial score (nSPS) is 2.86. The SMILES string of the molecule is CC.CC.CC.CC.CC.[B]C.[B]C. The molecule has 0 atom stereocenters. The van der Waals surface area contributed by atoms with E-state index in [9.17, 15) is 0 Å². The second-order valence-corrected chi connectivity index (χ2v) is 0. The molecule has 90 valence electrons. The highest BCUT2D eigenvalue weighted by Crippen LogP contribution is 1.15. The van der Waals surface area contributed by atoms with Gasteiger partial charge in [0.05, 0.1) is 15.7 Å². The summed E-state index contributed by atoms with van der Waals surface area (Å²) in [6, 6.07) is 0. The highest BCUT2D eigenvalue weighted by molar-refractivity contribution is 6.05. The lowest BCUT2D eigenvalue weighted by Crippen LogP contribution is -1.13. The van der Waals surface area contributed by atoms with Crippen LogP contribution in [-0.2, 0) is 0 Å². The van der Waals surface area contributed by atoms with E-state index in [0.29, 0.717) is 0 Å². The van der Waals surface area contributed by atoms with Crippen molar-refractivity contribution < 1.29 is 0 Å². The fourth-order valence-corrected chi connectivity index (χ4v) is 0. The molecule has 0 aromatic rings. The van der Waals surface area contributed by atoms with Gasteiger partial charge in [-0.15, -0.1) is 0 Å². The molecule has 2 heteroatoms. The number of hydrogen-bond donors (Lipinski definition) is 0. The van der Waals surface area contributed by atoms with E-state index < -0.39 is 0 Å². The number of rotatable bonds is 0. The van der Waals surface area contributed by atoms with E-state index in [1.165, 1.54) is 13.6 Å². The lowest BCUT2D eigenvalue weighted by molar-refractivity contribution is 1.50. The van der Waals surface area contributed by atoms with Gasteiger partial charge in [0, 0.05) is 0 Å². The maximum absolute atomic E-state index is 4.50. The van der Waals surface area contributed by atoms with Crippen molar-refractivity contribution in [2.75, 3.05) is 0 Å². The molecule has 0 heterocycles. The molecule has 0 aliphatic heterocycles. The van der Waals surface area contributed by atoms with Crippen LogP contribution in [0.4, 0.5) is 0 Å². The molecule has 0 rings (SSSR count). The lowest BCUT2D eigenvalue weighted by atomic mass is 10.2. The highest BCUT2D eigenvalue weighted by Gasteiger charge is 0.986. The van der Waals surface area contributed by atoms with Crippen LogP contribution in [0.1, 0.15) is 69.2 Å². The number of hydrogen-bond acceptors (Lipinski definition) is 0. The minimum absolute atomic E-state index is 1.50. The summed E-state index contributed by atoms with van der Waals surface area (Å²) >= 11 is 0. The maximum atomic E-state index is 4.50. The second kappa shape index (κ2) is 115000. The minimum Gasteiger partial charge on any atom is -0.0999 e. The van der Waals surface area contributed by atoms with Gasteiger partial charge in [-0.2, -0.15) is 0 Å². The Kier molecular flexibility index (Phi) is 392000. The molecule has 4 radical (unpaired) electrons. The van der Waals surface area contributed by atoms with Crippen molar-refractivity contribution in [1.29, 1.82) is 0 Å². The van der Waals surface area contributed by atoms with Crippen LogP contribution in [0.5, 0.6) is 0 Å². The van der Waals surface area contributed by atoms with Crippen LogP contribution in [0.3, 0.4) is 0 Å². The first-order valence-electron chi connectivity index (χ1n) is 6.15. The molecular weight excluding hydrogens is 166 g/mol. The van der Waals surface area contributed by atoms with Crippen molar-refractivity contribution in [2.45, 2.75) is 82.9 Å². The topological polar surface area (TPSA) is 0 Å². The van der Waals surface area contributed by atoms with Crippen LogP contribution in [0.15, 0.2) is 0 Å². The fourth-order valence-electron chi connectivity index (χ4n) is 0. The Morgan fingerprint density at radius 2 is 0.286 bits per heavy atom. The predicted molar refractivity (Wildman–Crippen MR) is 80.0 cm³/mol. The first-order valence-corrected chi connectivity index (χ1v) is 6.15. The molecule has 0 aromatic heterocycles. The summed E-state index contributed by atoms with van der Waals surface area (Å²) in [5.41, 5.74) is 0. The highest BCUT2D eigenvalue weighted by atomic mass is 13.0. The van der Waals surface area contributed by atoms with Crippen LogP contribution >= 0.6 is 0 Å². The molecule has 0 saturated heterocycles. The van der Waals surface area contributed by atoms with E-state index in [1.807, 2.05) is 69.2 Å². The van der Waals surface area contributed by atoms with Crippen LogP contribution in [-0.4, -0.2) is 15.7 Å². The Bertz CT molecular complexity index is 8.28. The van der Waals surface area contributed by atoms with Crippen LogP contribution in [0.25, 0.3) is 0 Å². The van der Waals surface area contributed by atoms with Crippen molar-refractivity contribution in [3.63, 3.8) is 0 Å². The largest absolute Gasteiger partial charge is 0.0999 e. The van der Waals surface area contributed by atoms with Gasteiger partial charge in [0.1, 0.15) is 0 Å². The summed E-state index contributed by atoms with van der Waals surface area (Å²) in [6.45, 7) is 23.0. The molecule has 0 nitrogen and oxygen atoms in total. The van der Waals surface area contributed by atoms with Gasteiger partial charge in [0.15, 0.2) is 0 Å². The molecule has 0 N–H and O–H groups in total. The predicted octanol–water partition coefficient (Wildman–Crippen LogP) is 5.54. The Morgan fingerprint density at radius 1 is 0.286 bits per heavy atom. The van der Waals surface area contributed by atoms with E-state index in [2.05, 4.69) is 15.7 Å². The van der Waals surface area contributed by atoms with Crippen LogP contribution < -0.4 is 0 Å². The average Bonchev–Trinajstić information content (AvgIpc) is 2.45. The Hall–Kier alpha value is 0.130. The molecule has 0 bridgehead atoms. The average molecular weight is 202 g/mol. The third-order valence-corrected chi connectivity index (χ3v) is 0. The first kappa shape index (κ1) is 47.9. The summed E-state index contributed by atoms with van der Waals surface area (Å²) in [5.74, 6) is 0. The first-order chi connectivity index (χ1) is 7.00. The molecule has 0 unspecified atom stereocenters. The van der Waals surface area contributed by atoms with Gasteiger partial charge in [0.2, 0.25) is 0 Å². The van der Waals surface area contributed by atoms with E-state index in [4.69, 9.17) is 0 Å². The molecule has 0 saturated carbocycles. The zero-order valence-electron chi connectivity index (χ0n) is 13.2. The quantitative estimate of drug-likeness (QED) is 0.452. The smallest absolute Gasteiger partial charge is 0.0606 e. The van der Waals surface area contributed by atoms with Crippen LogP contribution in [0.2, 0.25) is 13.6 Å². The van der Waals surface area contributed by atoms with E-state index in [-0.39, 0.29) is 0 Å². The van der Waals surface area contributed by atoms with E-state index >= 15 is 0 Å². The van der Waals surface area contributed by atoms with Gasteiger partial charge in [0.25, 0.3) is 0 Å².